The maximum absolute atomic E-state index is 12.8. The van der Waals surface area contributed by atoms with Gasteiger partial charge in [-0.25, -0.2) is 0 Å². The molecule has 1 saturated heterocycles. The van der Waals surface area contributed by atoms with Crippen LogP contribution in [0.15, 0.2) is 18.2 Å². The zero-order valence-electron chi connectivity index (χ0n) is 12.9. The summed E-state index contributed by atoms with van der Waals surface area (Å²) in [7, 11) is 0. The molecular formula is C17H24N2O2. The summed E-state index contributed by atoms with van der Waals surface area (Å²) in [5, 5.41) is 3.41. The monoisotopic (exact) mass is 288 g/mol. The minimum atomic E-state index is 0.137. The van der Waals surface area contributed by atoms with Crippen molar-refractivity contribution in [1.29, 1.82) is 0 Å². The van der Waals surface area contributed by atoms with Crippen LogP contribution in [0.5, 0.6) is 0 Å². The Bertz CT molecular complexity index is 520. The minimum absolute atomic E-state index is 0.137. The molecule has 1 aromatic rings. The Morgan fingerprint density at radius 1 is 1.14 bits per heavy atom. The molecule has 4 heteroatoms. The first-order chi connectivity index (χ1) is 10.2. The van der Waals surface area contributed by atoms with Gasteiger partial charge in [0.1, 0.15) is 0 Å². The van der Waals surface area contributed by atoms with Gasteiger partial charge in [0.05, 0.1) is 25.3 Å². The molecular weight excluding hydrogens is 264 g/mol. The van der Waals surface area contributed by atoms with E-state index in [1.54, 1.807) is 0 Å². The summed E-state index contributed by atoms with van der Waals surface area (Å²) in [4.78, 5) is 14.8. The molecule has 0 spiro atoms. The van der Waals surface area contributed by atoms with Crippen LogP contribution in [-0.4, -0.2) is 49.2 Å². The molecule has 1 aromatic carbocycles. The first-order valence-electron chi connectivity index (χ1n) is 7.89. The normalized spacial score (nSPS) is 26.1. The average Bonchev–Trinajstić information content (AvgIpc) is 2.71. The van der Waals surface area contributed by atoms with Crippen LogP contribution >= 0.6 is 0 Å². The van der Waals surface area contributed by atoms with Crippen LogP contribution in [-0.2, 0) is 17.6 Å². The van der Waals surface area contributed by atoms with E-state index in [2.05, 4.69) is 31.3 Å². The highest BCUT2D eigenvalue weighted by Crippen LogP contribution is 2.20. The molecule has 21 heavy (non-hydrogen) atoms. The number of benzene rings is 1. The molecule has 1 amide bonds. The predicted octanol–water partition coefficient (Wildman–Crippen LogP) is 1.62. The number of carbonyl (C=O) groups is 1. The van der Waals surface area contributed by atoms with Crippen molar-refractivity contribution in [3.63, 3.8) is 0 Å². The standard InChI is InChI=1S/C17H24N2O2/c1-12-10-21-11-13(2)19(12)17(20)16-4-3-14-5-7-18-8-6-15(14)9-16/h3-4,9,12-13,18H,5-8,10-11H2,1-2H3/t12-,13-/m1/s1. The van der Waals surface area contributed by atoms with Gasteiger partial charge in [-0.15, -0.1) is 0 Å². The van der Waals surface area contributed by atoms with Gasteiger partial charge in [0.15, 0.2) is 0 Å². The molecule has 0 radical (unpaired) electrons. The second kappa shape index (κ2) is 6.16. The summed E-state index contributed by atoms with van der Waals surface area (Å²) < 4.78 is 5.52. The third-order valence-corrected chi connectivity index (χ3v) is 4.50. The highest BCUT2D eigenvalue weighted by atomic mass is 16.5. The summed E-state index contributed by atoms with van der Waals surface area (Å²) in [5.74, 6) is 0.137. The molecule has 0 saturated carbocycles. The Morgan fingerprint density at radius 2 is 1.81 bits per heavy atom. The average molecular weight is 288 g/mol. The van der Waals surface area contributed by atoms with Crippen LogP contribution < -0.4 is 5.32 Å². The number of rotatable bonds is 1. The third kappa shape index (κ3) is 2.97. The van der Waals surface area contributed by atoms with Gasteiger partial charge in [0.2, 0.25) is 0 Å². The van der Waals surface area contributed by atoms with Gasteiger partial charge in [-0.1, -0.05) is 6.07 Å². The lowest BCUT2D eigenvalue weighted by molar-refractivity contribution is -0.0249. The summed E-state index contributed by atoms with van der Waals surface area (Å²) in [6.07, 6.45) is 2.05. The van der Waals surface area contributed by atoms with Crippen LogP contribution in [0.4, 0.5) is 0 Å². The van der Waals surface area contributed by atoms with E-state index in [0.29, 0.717) is 13.2 Å². The summed E-state index contributed by atoms with van der Waals surface area (Å²) in [5.41, 5.74) is 3.51. The van der Waals surface area contributed by atoms with E-state index < -0.39 is 0 Å². The lowest BCUT2D eigenvalue weighted by Crippen LogP contribution is -2.52. The molecule has 2 aliphatic rings. The fourth-order valence-corrected chi connectivity index (χ4v) is 3.36. The van der Waals surface area contributed by atoms with E-state index in [-0.39, 0.29) is 18.0 Å². The molecule has 4 nitrogen and oxygen atoms in total. The Kier molecular flexibility index (Phi) is 4.27. The Balaban J connectivity index is 1.86. The van der Waals surface area contributed by atoms with Crippen molar-refractivity contribution in [3.8, 4) is 0 Å². The van der Waals surface area contributed by atoms with Gasteiger partial charge >= 0.3 is 0 Å². The topological polar surface area (TPSA) is 41.6 Å². The molecule has 0 unspecified atom stereocenters. The van der Waals surface area contributed by atoms with Crippen LogP contribution in [0, 0.1) is 0 Å². The molecule has 0 bridgehead atoms. The largest absolute Gasteiger partial charge is 0.377 e. The highest BCUT2D eigenvalue weighted by Gasteiger charge is 2.30. The SMILES string of the molecule is C[C@@H]1COC[C@@H](C)N1C(=O)c1ccc2c(c1)CCNCC2. The molecule has 2 atom stereocenters. The molecule has 1 fully saturated rings. The minimum Gasteiger partial charge on any atom is -0.377 e. The Morgan fingerprint density at radius 3 is 2.52 bits per heavy atom. The smallest absolute Gasteiger partial charge is 0.254 e. The number of amides is 1. The number of hydrogen-bond acceptors (Lipinski definition) is 3. The zero-order valence-corrected chi connectivity index (χ0v) is 12.9. The highest BCUT2D eigenvalue weighted by molar-refractivity contribution is 5.95. The van der Waals surface area contributed by atoms with Crippen LogP contribution in [0.1, 0.15) is 35.3 Å². The van der Waals surface area contributed by atoms with Gasteiger partial charge in [0, 0.05) is 5.56 Å². The number of ether oxygens (including phenoxy) is 1. The van der Waals surface area contributed by atoms with Gasteiger partial charge in [-0.3, -0.25) is 4.79 Å². The van der Waals surface area contributed by atoms with E-state index in [1.165, 1.54) is 11.1 Å². The van der Waals surface area contributed by atoms with Crippen molar-refractivity contribution in [1.82, 2.24) is 10.2 Å². The maximum Gasteiger partial charge on any atom is 0.254 e. The van der Waals surface area contributed by atoms with Gasteiger partial charge in [0.25, 0.3) is 5.91 Å². The molecule has 2 heterocycles. The molecule has 2 aliphatic heterocycles. The van der Waals surface area contributed by atoms with Crippen molar-refractivity contribution >= 4 is 5.91 Å². The van der Waals surface area contributed by atoms with E-state index >= 15 is 0 Å². The third-order valence-electron chi connectivity index (χ3n) is 4.50. The fraction of sp³-hybridized carbons (Fsp3) is 0.588. The summed E-state index contributed by atoms with van der Waals surface area (Å²) in [6, 6.07) is 6.50. The maximum atomic E-state index is 12.8. The quantitative estimate of drug-likeness (QED) is 0.854. The Hall–Kier alpha value is -1.39. The first kappa shape index (κ1) is 14.5. The first-order valence-corrected chi connectivity index (χ1v) is 7.89. The number of hydrogen-bond donors (Lipinski definition) is 1. The second-order valence-electron chi connectivity index (χ2n) is 6.18. The van der Waals surface area contributed by atoms with Crippen LogP contribution in [0.2, 0.25) is 0 Å². The van der Waals surface area contributed by atoms with Crippen LogP contribution in [0.3, 0.4) is 0 Å². The van der Waals surface area contributed by atoms with Gasteiger partial charge < -0.3 is 15.0 Å². The van der Waals surface area contributed by atoms with Gasteiger partial charge in [-0.05, 0) is 63.0 Å². The number of carbonyl (C=O) groups excluding carboxylic acids is 1. The van der Waals surface area contributed by atoms with E-state index in [4.69, 9.17) is 4.74 Å². The van der Waals surface area contributed by atoms with Crippen molar-refractivity contribution in [2.45, 2.75) is 38.8 Å². The Labute approximate surface area is 126 Å². The van der Waals surface area contributed by atoms with Crippen molar-refractivity contribution < 1.29 is 9.53 Å². The van der Waals surface area contributed by atoms with Crippen molar-refractivity contribution in [2.75, 3.05) is 26.3 Å². The molecule has 0 aromatic heterocycles. The van der Waals surface area contributed by atoms with Crippen molar-refractivity contribution in [3.05, 3.63) is 34.9 Å². The molecule has 1 N–H and O–H groups in total. The molecule has 0 aliphatic carbocycles. The van der Waals surface area contributed by atoms with E-state index in [9.17, 15) is 4.79 Å². The number of nitrogens with one attached hydrogen (secondary N) is 1. The van der Waals surface area contributed by atoms with Crippen molar-refractivity contribution in [2.24, 2.45) is 0 Å². The number of fused-ring (bicyclic) bond motifs is 1. The lowest BCUT2D eigenvalue weighted by atomic mass is 9.99. The predicted molar refractivity (Wildman–Crippen MR) is 82.6 cm³/mol. The summed E-state index contributed by atoms with van der Waals surface area (Å²) in [6.45, 7) is 7.39. The van der Waals surface area contributed by atoms with E-state index in [0.717, 1.165) is 31.5 Å². The molecule has 114 valence electrons. The van der Waals surface area contributed by atoms with E-state index in [1.807, 2.05) is 11.0 Å². The summed E-state index contributed by atoms with van der Waals surface area (Å²) >= 11 is 0. The molecule has 3 rings (SSSR count). The number of morpholine rings is 1. The zero-order chi connectivity index (χ0) is 14.8. The van der Waals surface area contributed by atoms with Crippen LogP contribution in [0.25, 0.3) is 0 Å². The number of nitrogens with zero attached hydrogens (tertiary/aromatic N) is 1. The fourth-order valence-electron chi connectivity index (χ4n) is 3.36. The second-order valence-corrected chi connectivity index (χ2v) is 6.18. The van der Waals surface area contributed by atoms with Gasteiger partial charge in [-0.2, -0.15) is 0 Å². The lowest BCUT2D eigenvalue weighted by Gasteiger charge is -2.39.